The zero-order valence-electron chi connectivity index (χ0n) is 9.81. The van der Waals surface area contributed by atoms with Crippen LogP contribution in [-0.4, -0.2) is 16.6 Å². The van der Waals surface area contributed by atoms with Gasteiger partial charge in [0.25, 0.3) is 0 Å². The number of benzene rings is 1. The van der Waals surface area contributed by atoms with E-state index in [4.69, 9.17) is 4.74 Å². The summed E-state index contributed by atoms with van der Waals surface area (Å²) < 4.78 is 32.8. The molecule has 0 bridgehead atoms. The minimum atomic E-state index is -1.63. The molecule has 2 aromatic rings. The second-order valence-corrected chi connectivity index (χ2v) is 3.60. The molecule has 1 heterocycles. The van der Waals surface area contributed by atoms with Gasteiger partial charge in [0.1, 0.15) is 12.1 Å². The Bertz CT molecular complexity index is 534. The first kappa shape index (κ1) is 12.4. The van der Waals surface area contributed by atoms with Crippen molar-refractivity contribution in [1.29, 1.82) is 0 Å². The molecule has 0 saturated heterocycles. The van der Waals surface area contributed by atoms with Crippen molar-refractivity contribution in [2.24, 2.45) is 0 Å². The van der Waals surface area contributed by atoms with Crippen LogP contribution in [0.4, 0.5) is 8.78 Å². The molecule has 0 spiro atoms. The van der Waals surface area contributed by atoms with Crippen molar-refractivity contribution in [1.82, 2.24) is 9.97 Å². The normalized spacial score (nSPS) is 12.2. The van der Waals surface area contributed by atoms with Crippen molar-refractivity contribution in [2.75, 3.05) is 6.61 Å². The van der Waals surface area contributed by atoms with Gasteiger partial charge in [-0.25, -0.2) is 18.7 Å². The fourth-order valence-corrected chi connectivity index (χ4v) is 1.56. The third-order valence-electron chi connectivity index (χ3n) is 2.39. The summed E-state index contributed by atoms with van der Waals surface area (Å²) in [5, 5.41) is 0. The van der Waals surface area contributed by atoms with E-state index in [1.54, 1.807) is 13.0 Å². The number of halogens is 2. The standard InChI is InChI=1S/C13H12F2N2O/c1-2-18-12-7-11(16-8-17-12)13(15)9-5-3-4-6-10(9)14/h3-8,13H,2H2,1H3. The lowest BCUT2D eigenvalue weighted by atomic mass is 10.1. The highest BCUT2D eigenvalue weighted by molar-refractivity contribution is 5.28. The van der Waals surface area contributed by atoms with Gasteiger partial charge in [-0.15, -0.1) is 0 Å². The highest BCUT2D eigenvalue weighted by Gasteiger charge is 2.18. The van der Waals surface area contributed by atoms with Crippen molar-refractivity contribution < 1.29 is 13.5 Å². The molecule has 1 aromatic carbocycles. The number of hydrogen-bond donors (Lipinski definition) is 0. The van der Waals surface area contributed by atoms with Crippen LogP contribution in [0, 0.1) is 5.82 Å². The van der Waals surface area contributed by atoms with Crippen molar-refractivity contribution in [3.63, 3.8) is 0 Å². The van der Waals surface area contributed by atoms with E-state index in [0.717, 1.165) is 0 Å². The average molecular weight is 250 g/mol. The molecule has 0 saturated carbocycles. The Morgan fingerprint density at radius 2 is 2.06 bits per heavy atom. The second-order valence-electron chi connectivity index (χ2n) is 3.60. The van der Waals surface area contributed by atoms with Crippen LogP contribution in [0.15, 0.2) is 36.7 Å². The predicted molar refractivity (Wildman–Crippen MR) is 62.6 cm³/mol. The molecule has 3 nitrogen and oxygen atoms in total. The molecular formula is C13H12F2N2O. The number of ether oxygens (including phenoxy) is 1. The number of hydrogen-bond acceptors (Lipinski definition) is 3. The lowest BCUT2D eigenvalue weighted by Crippen LogP contribution is -2.03. The molecule has 1 atom stereocenters. The summed E-state index contributed by atoms with van der Waals surface area (Å²) in [5.41, 5.74) is 0.0391. The van der Waals surface area contributed by atoms with Gasteiger partial charge in [-0.05, 0) is 13.0 Å². The summed E-state index contributed by atoms with van der Waals surface area (Å²) in [6, 6.07) is 7.07. The molecule has 0 fully saturated rings. The fraction of sp³-hybridized carbons (Fsp3) is 0.231. The Morgan fingerprint density at radius 3 is 2.78 bits per heavy atom. The average Bonchev–Trinajstić information content (AvgIpc) is 2.39. The lowest BCUT2D eigenvalue weighted by Gasteiger charge is -2.10. The zero-order valence-corrected chi connectivity index (χ0v) is 9.81. The molecule has 94 valence electrons. The maximum atomic E-state index is 14.2. The van der Waals surface area contributed by atoms with Crippen molar-refractivity contribution in [2.45, 2.75) is 13.1 Å². The third kappa shape index (κ3) is 2.61. The SMILES string of the molecule is CCOc1cc(C(F)c2ccccc2F)ncn1. The van der Waals surface area contributed by atoms with E-state index in [1.807, 2.05) is 0 Å². The Hall–Kier alpha value is -2.04. The second kappa shape index (κ2) is 5.53. The monoisotopic (exact) mass is 250 g/mol. The molecule has 0 aliphatic carbocycles. The first-order chi connectivity index (χ1) is 8.72. The molecule has 0 amide bonds. The van der Waals surface area contributed by atoms with Crippen LogP contribution in [0.25, 0.3) is 0 Å². The molecule has 0 aliphatic rings. The van der Waals surface area contributed by atoms with Gasteiger partial charge in [0.05, 0.1) is 12.3 Å². The number of rotatable bonds is 4. The number of nitrogens with zero attached hydrogens (tertiary/aromatic N) is 2. The zero-order chi connectivity index (χ0) is 13.0. The van der Waals surface area contributed by atoms with E-state index in [2.05, 4.69) is 9.97 Å². The van der Waals surface area contributed by atoms with Gasteiger partial charge >= 0.3 is 0 Å². The molecular weight excluding hydrogens is 238 g/mol. The molecule has 18 heavy (non-hydrogen) atoms. The molecule has 0 aliphatic heterocycles. The molecule has 2 rings (SSSR count). The lowest BCUT2D eigenvalue weighted by molar-refractivity contribution is 0.321. The summed E-state index contributed by atoms with van der Waals surface area (Å²) in [6.45, 7) is 2.22. The van der Waals surface area contributed by atoms with Crippen LogP contribution < -0.4 is 4.74 Å². The Kier molecular flexibility index (Phi) is 3.82. The fourth-order valence-electron chi connectivity index (χ4n) is 1.56. The predicted octanol–water partition coefficient (Wildman–Crippen LogP) is 3.07. The number of aromatic nitrogens is 2. The van der Waals surface area contributed by atoms with E-state index in [9.17, 15) is 8.78 Å². The van der Waals surface area contributed by atoms with Gasteiger partial charge in [0.2, 0.25) is 5.88 Å². The van der Waals surface area contributed by atoms with Gasteiger partial charge < -0.3 is 4.74 Å². The smallest absolute Gasteiger partial charge is 0.216 e. The van der Waals surface area contributed by atoms with E-state index >= 15 is 0 Å². The minimum Gasteiger partial charge on any atom is -0.478 e. The summed E-state index contributed by atoms with van der Waals surface area (Å²) in [7, 11) is 0. The van der Waals surface area contributed by atoms with E-state index in [0.29, 0.717) is 6.61 Å². The highest BCUT2D eigenvalue weighted by Crippen LogP contribution is 2.27. The Labute approximate surface area is 103 Å². The maximum absolute atomic E-state index is 14.2. The molecule has 5 heteroatoms. The van der Waals surface area contributed by atoms with E-state index in [1.165, 1.54) is 30.6 Å². The third-order valence-corrected chi connectivity index (χ3v) is 2.39. The van der Waals surface area contributed by atoms with Gasteiger partial charge in [-0.3, -0.25) is 0 Å². The molecule has 1 unspecified atom stereocenters. The van der Waals surface area contributed by atoms with E-state index < -0.39 is 12.0 Å². The van der Waals surface area contributed by atoms with Gasteiger partial charge in [-0.2, -0.15) is 0 Å². The first-order valence-electron chi connectivity index (χ1n) is 5.55. The van der Waals surface area contributed by atoms with Crippen LogP contribution in [0.2, 0.25) is 0 Å². The highest BCUT2D eigenvalue weighted by atomic mass is 19.1. The summed E-state index contributed by atoms with van der Waals surface area (Å²) >= 11 is 0. The summed E-state index contributed by atoms with van der Waals surface area (Å²) in [4.78, 5) is 7.64. The molecule has 0 radical (unpaired) electrons. The van der Waals surface area contributed by atoms with Crippen LogP contribution in [-0.2, 0) is 0 Å². The minimum absolute atomic E-state index is 0.0429. The maximum Gasteiger partial charge on any atom is 0.216 e. The van der Waals surface area contributed by atoms with Gasteiger partial charge in [0.15, 0.2) is 6.17 Å². The quantitative estimate of drug-likeness (QED) is 0.836. The van der Waals surface area contributed by atoms with Crippen molar-refractivity contribution in [3.8, 4) is 5.88 Å². The van der Waals surface area contributed by atoms with Gasteiger partial charge in [0, 0.05) is 11.6 Å². The number of alkyl halides is 1. The largest absolute Gasteiger partial charge is 0.478 e. The van der Waals surface area contributed by atoms with Crippen LogP contribution >= 0.6 is 0 Å². The Balaban J connectivity index is 2.31. The van der Waals surface area contributed by atoms with Crippen molar-refractivity contribution in [3.05, 3.63) is 53.7 Å². The topological polar surface area (TPSA) is 35.0 Å². The molecule has 1 aromatic heterocycles. The van der Waals surface area contributed by atoms with Crippen LogP contribution in [0.1, 0.15) is 24.4 Å². The van der Waals surface area contributed by atoms with Gasteiger partial charge in [-0.1, -0.05) is 18.2 Å². The summed E-state index contributed by atoms with van der Waals surface area (Å²) in [6.07, 6.45) is -0.429. The van der Waals surface area contributed by atoms with E-state index in [-0.39, 0.29) is 17.1 Å². The first-order valence-corrected chi connectivity index (χ1v) is 5.55. The summed E-state index contributed by atoms with van der Waals surface area (Å²) in [5.74, 6) is -0.317. The van der Waals surface area contributed by atoms with Crippen LogP contribution in [0.3, 0.4) is 0 Å². The Morgan fingerprint density at radius 1 is 1.28 bits per heavy atom. The van der Waals surface area contributed by atoms with Crippen LogP contribution in [0.5, 0.6) is 5.88 Å². The van der Waals surface area contributed by atoms with Crippen molar-refractivity contribution >= 4 is 0 Å². The molecule has 0 N–H and O–H groups in total.